The summed E-state index contributed by atoms with van der Waals surface area (Å²) >= 11 is 5.30. The fraction of sp³-hybridized carbons (Fsp3) is 0.500. The highest BCUT2D eigenvalue weighted by molar-refractivity contribution is 9.10. The molecule has 4 heteroatoms. The van der Waals surface area contributed by atoms with E-state index in [2.05, 4.69) is 28.3 Å². The second-order valence-corrected chi connectivity index (χ2v) is 5.60. The van der Waals surface area contributed by atoms with Crippen LogP contribution >= 0.6 is 27.7 Å². The minimum Gasteiger partial charge on any atom is -0.496 e. The highest BCUT2D eigenvalue weighted by Crippen LogP contribution is 2.24. The molecule has 0 aliphatic rings. The molecule has 0 bridgehead atoms. The fourth-order valence-electron chi connectivity index (χ4n) is 1.56. The predicted octanol–water partition coefficient (Wildman–Crippen LogP) is 3.08. The maximum atomic E-state index is 6.08. The summed E-state index contributed by atoms with van der Waals surface area (Å²) in [6.45, 7) is 0. The molecule has 0 amide bonds. The average molecular weight is 304 g/mol. The Morgan fingerprint density at radius 3 is 2.88 bits per heavy atom. The molecule has 0 aliphatic carbocycles. The van der Waals surface area contributed by atoms with Gasteiger partial charge in [-0.2, -0.15) is 11.8 Å². The van der Waals surface area contributed by atoms with Crippen molar-refractivity contribution in [2.75, 3.05) is 19.1 Å². The fourth-order valence-corrected chi connectivity index (χ4v) is 2.51. The van der Waals surface area contributed by atoms with E-state index in [0.717, 1.165) is 28.8 Å². The number of rotatable bonds is 6. The van der Waals surface area contributed by atoms with Crippen LogP contribution in [0.5, 0.6) is 5.75 Å². The summed E-state index contributed by atoms with van der Waals surface area (Å²) in [7, 11) is 1.69. The lowest BCUT2D eigenvalue weighted by Crippen LogP contribution is -2.23. The van der Waals surface area contributed by atoms with E-state index in [9.17, 15) is 0 Å². The molecule has 1 atom stereocenters. The number of hydrogen-bond acceptors (Lipinski definition) is 3. The molecule has 0 aliphatic heterocycles. The van der Waals surface area contributed by atoms with Gasteiger partial charge in [0.15, 0.2) is 0 Å². The topological polar surface area (TPSA) is 35.2 Å². The van der Waals surface area contributed by atoms with Crippen LogP contribution in [0.4, 0.5) is 0 Å². The molecule has 0 fully saturated rings. The Bertz CT molecular complexity index is 333. The van der Waals surface area contributed by atoms with Crippen LogP contribution in [-0.4, -0.2) is 25.2 Å². The van der Waals surface area contributed by atoms with Crippen LogP contribution in [-0.2, 0) is 6.42 Å². The number of hydrogen-bond donors (Lipinski definition) is 1. The van der Waals surface area contributed by atoms with Gasteiger partial charge in [-0.25, -0.2) is 0 Å². The van der Waals surface area contributed by atoms with Crippen molar-refractivity contribution < 1.29 is 4.74 Å². The monoisotopic (exact) mass is 303 g/mol. The molecule has 16 heavy (non-hydrogen) atoms. The zero-order valence-electron chi connectivity index (χ0n) is 9.70. The number of ether oxygens (including phenoxy) is 1. The Labute approximate surface area is 110 Å². The van der Waals surface area contributed by atoms with Crippen molar-refractivity contribution in [1.29, 1.82) is 0 Å². The number of halogens is 1. The second kappa shape index (κ2) is 7.20. The first-order valence-corrected chi connectivity index (χ1v) is 7.43. The van der Waals surface area contributed by atoms with Gasteiger partial charge in [0.1, 0.15) is 5.75 Å². The zero-order chi connectivity index (χ0) is 12.0. The molecule has 1 aromatic rings. The van der Waals surface area contributed by atoms with Gasteiger partial charge < -0.3 is 10.5 Å². The third kappa shape index (κ3) is 4.36. The molecular formula is C12H18BrNOS. The smallest absolute Gasteiger partial charge is 0.122 e. The molecule has 0 heterocycles. The number of methoxy groups -OCH3 is 1. The van der Waals surface area contributed by atoms with Crippen LogP contribution in [0.3, 0.4) is 0 Å². The van der Waals surface area contributed by atoms with E-state index in [1.165, 1.54) is 5.56 Å². The van der Waals surface area contributed by atoms with Gasteiger partial charge in [0.05, 0.1) is 7.11 Å². The van der Waals surface area contributed by atoms with Crippen molar-refractivity contribution in [3.8, 4) is 5.75 Å². The van der Waals surface area contributed by atoms with Crippen LogP contribution in [0, 0.1) is 0 Å². The molecule has 0 saturated heterocycles. The predicted molar refractivity (Wildman–Crippen MR) is 75.4 cm³/mol. The molecule has 2 N–H and O–H groups in total. The maximum absolute atomic E-state index is 6.08. The van der Waals surface area contributed by atoms with Crippen LogP contribution < -0.4 is 10.5 Å². The Kier molecular flexibility index (Phi) is 6.24. The van der Waals surface area contributed by atoms with E-state index in [0.29, 0.717) is 0 Å². The van der Waals surface area contributed by atoms with Crippen LogP contribution in [0.25, 0.3) is 0 Å². The first kappa shape index (κ1) is 13.9. The molecule has 0 radical (unpaired) electrons. The second-order valence-electron chi connectivity index (χ2n) is 3.70. The molecule has 1 aromatic carbocycles. The van der Waals surface area contributed by atoms with Crippen molar-refractivity contribution in [3.05, 3.63) is 28.2 Å². The van der Waals surface area contributed by atoms with Gasteiger partial charge in [0, 0.05) is 10.5 Å². The first-order chi connectivity index (χ1) is 7.67. The maximum Gasteiger partial charge on any atom is 0.122 e. The van der Waals surface area contributed by atoms with Gasteiger partial charge in [-0.3, -0.25) is 0 Å². The first-order valence-electron chi connectivity index (χ1n) is 5.24. The molecule has 0 aromatic heterocycles. The summed E-state index contributed by atoms with van der Waals surface area (Å²) in [5.74, 6) is 2.03. The highest BCUT2D eigenvalue weighted by atomic mass is 79.9. The minimum absolute atomic E-state index is 0.204. The van der Waals surface area contributed by atoms with E-state index < -0.39 is 0 Å². The SMILES string of the molecule is COc1ccc(Br)cc1CC(N)CCSC. The molecule has 1 rings (SSSR count). The van der Waals surface area contributed by atoms with Crippen LogP contribution in [0.2, 0.25) is 0 Å². The van der Waals surface area contributed by atoms with E-state index in [-0.39, 0.29) is 6.04 Å². The van der Waals surface area contributed by atoms with E-state index in [1.54, 1.807) is 7.11 Å². The largest absolute Gasteiger partial charge is 0.496 e. The summed E-state index contributed by atoms with van der Waals surface area (Å²) in [6, 6.07) is 6.24. The van der Waals surface area contributed by atoms with E-state index >= 15 is 0 Å². The lowest BCUT2D eigenvalue weighted by Gasteiger charge is -2.14. The number of benzene rings is 1. The molecule has 0 saturated carbocycles. The van der Waals surface area contributed by atoms with Crippen molar-refractivity contribution in [2.24, 2.45) is 5.73 Å². The van der Waals surface area contributed by atoms with Crippen LogP contribution in [0.15, 0.2) is 22.7 Å². The van der Waals surface area contributed by atoms with Gasteiger partial charge >= 0.3 is 0 Å². The summed E-state index contributed by atoms with van der Waals surface area (Å²) in [4.78, 5) is 0. The molecule has 90 valence electrons. The number of thioether (sulfide) groups is 1. The summed E-state index contributed by atoms with van der Waals surface area (Å²) < 4.78 is 6.39. The van der Waals surface area contributed by atoms with Crippen LogP contribution in [0.1, 0.15) is 12.0 Å². The Morgan fingerprint density at radius 1 is 1.50 bits per heavy atom. The molecule has 2 nitrogen and oxygen atoms in total. The van der Waals surface area contributed by atoms with Crippen molar-refractivity contribution >= 4 is 27.7 Å². The summed E-state index contributed by atoms with van der Waals surface area (Å²) in [5, 5.41) is 0. The third-order valence-corrected chi connectivity index (χ3v) is 3.55. The van der Waals surface area contributed by atoms with Gasteiger partial charge in [0.2, 0.25) is 0 Å². The lowest BCUT2D eigenvalue weighted by atomic mass is 10.0. The molecule has 1 unspecified atom stereocenters. The zero-order valence-corrected chi connectivity index (χ0v) is 12.1. The molecular weight excluding hydrogens is 286 g/mol. The standard InChI is InChI=1S/C12H18BrNOS/c1-15-12-4-3-10(13)7-9(12)8-11(14)5-6-16-2/h3-4,7,11H,5-6,8,14H2,1-2H3. The third-order valence-electron chi connectivity index (χ3n) is 2.42. The van der Waals surface area contributed by atoms with Gasteiger partial charge in [0.25, 0.3) is 0 Å². The average Bonchev–Trinajstić information content (AvgIpc) is 2.27. The summed E-state index contributed by atoms with van der Waals surface area (Å²) in [6.07, 6.45) is 4.01. The van der Waals surface area contributed by atoms with Crippen molar-refractivity contribution in [2.45, 2.75) is 18.9 Å². The van der Waals surface area contributed by atoms with Crippen molar-refractivity contribution in [3.63, 3.8) is 0 Å². The van der Waals surface area contributed by atoms with Gasteiger partial charge in [-0.15, -0.1) is 0 Å². The quantitative estimate of drug-likeness (QED) is 0.877. The Balaban J connectivity index is 2.67. The Hall–Kier alpha value is -0.190. The Morgan fingerprint density at radius 2 is 2.25 bits per heavy atom. The number of nitrogens with two attached hydrogens (primary N) is 1. The van der Waals surface area contributed by atoms with E-state index in [4.69, 9.17) is 10.5 Å². The minimum atomic E-state index is 0.204. The lowest BCUT2D eigenvalue weighted by molar-refractivity contribution is 0.407. The van der Waals surface area contributed by atoms with Gasteiger partial charge in [-0.1, -0.05) is 15.9 Å². The summed E-state index contributed by atoms with van der Waals surface area (Å²) in [5.41, 5.74) is 7.25. The molecule has 0 spiro atoms. The van der Waals surface area contributed by atoms with Gasteiger partial charge in [-0.05, 0) is 48.6 Å². The highest BCUT2D eigenvalue weighted by Gasteiger charge is 2.09. The normalized spacial score (nSPS) is 12.5. The van der Waals surface area contributed by atoms with E-state index in [1.807, 2.05) is 23.9 Å². The van der Waals surface area contributed by atoms with Crippen molar-refractivity contribution in [1.82, 2.24) is 0 Å².